The van der Waals surface area contributed by atoms with E-state index in [9.17, 15) is 8.42 Å². The van der Waals surface area contributed by atoms with Crippen molar-refractivity contribution in [2.75, 3.05) is 32.8 Å². The van der Waals surface area contributed by atoms with Gasteiger partial charge in [-0.15, -0.1) is 0 Å². The van der Waals surface area contributed by atoms with Crippen LogP contribution in [0.1, 0.15) is 54.8 Å². The molecule has 1 saturated heterocycles. The third kappa shape index (κ3) is 4.86. The second-order valence-electron chi connectivity index (χ2n) is 9.75. The van der Waals surface area contributed by atoms with Gasteiger partial charge in [-0.3, -0.25) is 0 Å². The van der Waals surface area contributed by atoms with Crippen LogP contribution in [0, 0.1) is 0 Å². The molecule has 2 aromatic carbocycles. The van der Waals surface area contributed by atoms with Gasteiger partial charge in [0.2, 0.25) is 10.0 Å². The van der Waals surface area contributed by atoms with Crippen LogP contribution in [0.25, 0.3) is 0 Å². The predicted molar refractivity (Wildman–Crippen MR) is 136 cm³/mol. The molecule has 1 aliphatic carbocycles. The minimum absolute atomic E-state index is 0.0723. The fourth-order valence-electron chi connectivity index (χ4n) is 5.77. The average Bonchev–Trinajstić information content (AvgIpc) is 2.83. The highest BCUT2D eigenvalue weighted by molar-refractivity contribution is 7.90. The van der Waals surface area contributed by atoms with Crippen molar-refractivity contribution >= 4 is 21.6 Å². The number of nitrogens with one attached hydrogen (secondary N) is 3. The number of halogens is 1. The largest absolute Gasteiger partial charge is 0.492 e. The van der Waals surface area contributed by atoms with E-state index in [2.05, 4.69) is 39.6 Å². The highest BCUT2D eigenvalue weighted by atomic mass is 35.5. The van der Waals surface area contributed by atoms with Crippen LogP contribution in [0.5, 0.6) is 5.75 Å². The number of hydrogen-bond donors (Lipinski definition) is 3. The Balaban J connectivity index is 1.27. The summed E-state index contributed by atoms with van der Waals surface area (Å²) in [4.78, 5) is 0. The molecule has 184 valence electrons. The van der Waals surface area contributed by atoms with Crippen molar-refractivity contribution in [1.29, 1.82) is 0 Å². The molecular formula is C26H34ClN3O3S. The fourth-order valence-corrected chi connectivity index (χ4v) is 7.36. The Bertz CT molecular complexity index is 1100. The van der Waals surface area contributed by atoms with E-state index in [1.807, 2.05) is 18.2 Å². The highest BCUT2D eigenvalue weighted by Crippen LogP contribution is 2.53. The number of benzene rings is 2. The molecule has 2 fully saturated rings. The summed E-state index contributed by atoms with van der Waals surface area (Å²) in [5.74, 6) is 0.791. The number of fused-ring (bicyclic) bond motifs is 1. The van der Waals surface area contributed by atoms with Gasteiger partial charge in [0.15, 0.2) is 0 Å². The lowest BCUT2D eigenvalue weighted by Gasteiger charge is -2.50. The Morgan fingerprint density at radius 1 is 1.06 bits per heavy atom. The molecule has 0 amide bonds. The molecule has 1 atom stereocenters. The van der Waals surface area contributed by atoms with Crippen LogP contribution >= 0.6 is 11.6 Å². The third-order valence-electron chi connectivity index (χ3n) is 7.79. The van der Waals surface area contributed by atoms with Crippen molar-refractivity contribution in [3.63, 3.8) is 0 Å². The Hall–Kier alpha value is -1.64. The van der Waals surface area contributed by atoms with E-state index in [1.54, 1.807) is 0 Å². The molecule has 2 heterocycles. The van der Waals surface area contributed by atoms with Gasteiger partial charge in [0.25, 0.3) is 0 Å². The number of ether oxygens (including phenoxy) is 1. The maximum Gasteiger partial charge on any atom is 0.214 e. The zero-order valence-electron chi connectivity index (χ0n) is 19.5. The van der Waals surface area contributed by atoms with E-state index in [-0.39, 0.29) is 23.3 Å². The first-order chi connectivity index (χ1) is 16.5. The summed E-state index contributed by atoms with van der Waals surface area (Å²) < 4.78 is 33.8. The van der Waals surface area contributed by atoms with Crippen LogP contribution in [0.4, 0.5) is 0 Å². The number of rotatable bonds is 8. The van der Waals surface area contributed by atoms with Gasteiger partial charge >= 0.3 is 0 Å². The molecule has 3 N–H and O–H groups in total. The molecule has 0 bridgehead atoms. The topological polar surface area (TPSA) is 79.5 Å². The lowest BCUT2D eigenvalue weighted by Crippen LogP contribution is -2.49. The zero-order chi connectivity index (χ0) is 23.6. The maximum atomic E-state index is 12.5. The fraction of sp³-hybridized carbons (Fsp3) is 0.538. The van der Waals surface area contributed by atoms with Crippen LogP contribution in [-0.2, 0) is 21.9 Å². The molecule has 2 aromatic rings. The van der Waals surface area contributed by atoms with Crippen LogP contribution in [0.2, 0.25) is 5.02 Å². The molecule has 6 nitrogen and oxygen atoms in total. The zero-order valence-corrected chi connectivity index (χ0v) is 21.1. The monoisotopic (exact) mass is 503 g/mol. The minimum Gasteiger partial charge on any atom is -0.492 e. The second kappa shape index (κ2) is 10.2. The summed E-state index contributed by atoms with van der Waals surface area (Å²) in [5, 5.41) is 7.46. The number of sulfonamides is 1. The average molecular weight is 504 g/mol. The van der Waals surface area contributed by atoms with Gasteiger partial charge in [-0.2, -0.15) is 0 Å². The molecule has 8 heteroatoms. The standard InChI is InChI=1S/C26H34ClN3O3S/c27-21-5-3-20(4-6-21)26(11-1-12-26)25-24-18-22(7-2-19(24)8-15-29-25)33-17-16-30-34(31,32)23-9-13-28-14-10-23/h2-7,18,23,25,28-30H,1,8-17H2. The normalized spacial score (nSPS) is 22.6. The Morgan fingerprint density at radius 3 is 2.53 bits per heavy atom. The summed E-state index contributed by atoms with van der Waals surface area (Å²) in [7, 11) is -3.30. The van der Waals surface area contributed by atoms with Gasteiger partial charge in [0, 0.05) is 23.0 Å². The van der Waals surface area contributed by atoms with E-state index in [4.69, 9.17) is 16.3 Å². The predicted octanol–water partition coefficient (Wildman–Crippen LogP) is 3.70. The van der Waals surface area contributed by atoms with Crippen LogP contribution in [-0.4, -0.2) is 46.5 Å². The lowest BCUT2D eigenvalue weighted by molar-refractivity contribution is 0.164. The SMILES string of the molecule is O=S(=O)(NCCOc1ccc2c(c1)C(C1(c3ccc(Cl)cc3)CCC1)NCC2)C1CCNCC1. The van der Waals surface area contributed by atoms with E-state index >= 15 is 0 Å². The van der Waals surface area contributed by atoms with Crippen LogP contribution < -0.4 is 20.1 Å². The molecular weight excluding hydrogens is 470 g/mol. The second-order valence-corrected chi connectivity index (χ2v) is 12.2. The first kappa shape index (κ1) is 24.1. The summed E-state index contributed by atoms with van der Waals surface area (Å²) in [6, 6.07) is 14.9. The lowest BCUT2D eigenvalue weighted by atomic mass is 9.58. The molecule has 1 saturated carbocycles. The maximum absolute atomic E-state index is 12.5. The molecule has 3 aliphatic rings. The van der Waals surface area contributed by atoms with Gasteiger partial charge in [0.1, 0.15) is 12.4 Å². The van der Waals surface area contributed by atoms with E-state index in [1.165, 1.54) is 23.1 Å². The van der Waals surface area contributed by atoms with E-state index < -0.39 is 10.0 Å². The van der Waals surface area contributed by atoms with Gasteiger partial charge in [-0.25, -0.2) is 13.1 Å². The highest BCUT2D eigenvalue weighted by Gasteiger charge is 2.47. The van der Waals surface area contributed by atoms with Crippen molar-refractivity contribution in [3.05, 3.63) is 64.2 Å². The molecule has 5 rings (SSSR count). The Morgan fingerprint density at radius 2 is 1.82 bits per heavy atom. The smallest absolute Gasteiger partial charge is 0.214 e. The van der Waals surface area contributed by atoms with Crippen LogP contribution in [0.15, 0.2) is 42.5 Å². The minimum atomic E-state index is -3.30. The molecule has 0 radical (unpaired) electrons. The number of piperidine rings is 1. The quantitative estimate of drug-likeness (QED) is 0.479. The molecule has 34 heavy (non-hydrogen) atoms. The summed E-state index contributed by atoms with van der Waals surface area (Å²) in [5.41, 5.74) is 4.08. The van der Waals surface area contributed by atoms with Crippen molar-refractivity contribution < 1.29 is 13.2 Å². The summed E-state index contributed by atoms with van der Waals surface area (Å²) in [6.07, 6.45) is 5.84. The van der Waals surface area contributed by atoms with Gasteiger partial charge < -0.3 is 15.4 Å². The summed E-state index contributed by atoms with van der Waals surface area (Å²) >= 11 is 6.17. The van der Waals surface area contributed by atoms with E-state index in [0.717, 1.165) is 49.7 Å². The van der Waals surface area contributed by atoms with Crippen molar-refractivity contribution in [1.82, 2.24) is 15.4 Å². The number of hydrogen-bond acceptors (Lipinski definition) is 5. The Labute approximate surface area is 207 Å². The van der Waals surface area contributed by atoms with Gasteiger partial charge in [0.05, 0.1) is 5.25 Å². The van der Waals surface area contributed by atoms with Gasteiger partial charge in [-0.05, 0) is 92.7 Å². The van der Waals surface area contributed by atoms with Gasteiger partial charge in [-0.1, -0.05) is 36.2 Å². The third-order valence-corrected chi connectivity index (χ3v) is 10.00. The first-order valence-corrected chi connectivity index (χ1v) is 14.3. The summed E-state index contributed by atoms with van der Waals surface area (Å²) in [6.45, 7) is 3.06. The molecule has 2 aliphatic heterocycles. The van der Waals surface area contributed by atoms with E-state index in [0.29, 0.717) is 19.4 Å². The van der Waals surface area contributed by atoms with Crippen molar-refractivity contribution in [2.45, 2.75) is 55.2 Å². The van der Waals surface area contributed by atoms with Crippen molar-refractivity contribution in [3.8, 4) is 5.75 Å². The van der Waals surface area contributed by atoms with Crippen molar-refractivity contribution in [2.24, 2.45) is 0 Å². The Kier molecular flexibility index (Phi) is 7.19. The van der Waals surface area contributed by atoms with Crippen LogP contribution in [0.3, 0.4) is 0 Å². The molecule has 1 unspecified atom stereocenters. The first-order valence-electron chi connectivity index (χ1n) is 12.4. The molecule has 0 aromatic heterocycles. The molecule has 0 spiro atoms.